The van der Waals surface area contributed by atoms with E-state index in [-0.39, 0.29) is 11.9 Å². The summed E-state index contributed by atoms with van der Waals surface area (Å²) in [5, 5.41) is 6.19. The molecule has 3 rings (SSSR count). The molecular weight excluding hydrogens is 248 g/mol. The Kier molecular flexibility index (Phi) is 3.79. The Morgan fingerprint density at radius 3 is 2.50 bits per heavy atom. The van der Waals surface area contributed by atoms with Gasteiger partial charge in [-0.2, -0.15) is 0 Å². The Bertz CT molecular complexity index is 595. The van der Waals surface area contributed by atoms with Crippen molar-refractivity contribution >= 4 is 5.91 Å². The number of amides is 1. The van der Waals surface area contributed by atoms with Gasteiger partial charge in [0.2, 0.25) is 5.91 Å². The van der Waals surface area contributed by atoms with Gasteiger partial charge in [0.25, 0.3) is 0 Å². The first-order valence-corrected chi connectivity index (χ1v) is 6.99. The predicted molar refractivity (Wildman–Crippen MR) is 80.4 cm³/mol. The second kappa shape index (κ2) is 5.88. The maximum Gasteiger partial charge on any atom is 0.237 e. The van der Waals surface area contributed by atoms with Crippen LogP contribution >= 0.6 is 0 Å². The third-order valence-corrected chi connectivity index (χ3v) is 3.66. The summed E-state index contributed by atoms with van der Waals surface area (Å²) < 4.78 is 0. The largest absolute Gasteiger partial charge is 0.353 e. The van der Waals surface area contributed by atoms with Crippen LogP contribution in [0.2, 0.25) is 0 Å². The predicted octanol–water partition coefficient (Wildman–Crippen LogP) is 1.98. The molecular formula is C17H18N2O. The number of carbonyl (C=O) groups is 1. The molecule has 102 valence electrons. The number of benzene rings is 2. The summed E-state index contributed by atoms with van der Waals surface area (Å²) in [7, 11) is 0. The maximum absolute atomic E-state index is 11.9. The van der Waals surface area contributed by atoms with Gasteiger partial charge in [-0.15, -0.1) is 0 Å². The Morgan fingerprint density at radius 2 is 1.70 bits per heavy atom. The summed E-state index contributed by atoms with van der Waals surface area (Å²) in [5.74, 6) is 0.0964. The highest BCUT2D eigenvalue weighted by Gasteiger charge is 2.22. The van der Waals surface area contributed by atoms with Crippen molar-refractivity contribution in [2.75, 3.05) is 13.1 Å². The fraction of sp³-hybridized carbons (Fsp3) is 0.235. The lowest BCUT2D eigenvalue weighted by atomic mass is 9.94. The third kappa shape index (κ3) is 2.73. The quantitative estimate of drug-likeness (QED) is 0.892. The van der Waals surface area contributed by atoms with Gasteiger partial charge in [-0.25, -0.2) is 0 Å². The number of rotatable bonds is 3. The minimum Gasteiger partial charge on any atom is -0.353 e. The second-order valence-electron chi connectivity index (χ2n) is 5.03. The van der Waals surface area contributed by atoms with E-state index in [0.29, 0.717) is 0 Å². The van der Waals surface area contributed by atoms with E-state index in [0.717, 1.165) is 19.5 Å². The van der Waals surface area contributed by atoms with Gasteiger partial charge in [-0.3, -0.25) is 4.79 Å². The van der Waals surface area contributed by atoms with Crippen molar-refractivity contribution in [3.63, 3.8) is 0 Å². The number of carbonyl (C=O) groups excluding carboxylic acids is 1. The highest BCUT2D eigenvalue weighted by atomic mass is 16.2. The average molecular weight is 266 g/mol. The molecule has 1 amide bonds. The van der Waals surface area contributed by atoms with Crippen LogP contribution in [0.15, 0.2) is 54.6 Å². The van der Waals surface area contributed by atoms with Crippen molar-refractivity contribution in [2.24, 2.45) is 0 Å². The number of hydrogen-bond donors (Lipinski definition) is 2. The number of piperazine rings is 1. The van der Waals surface area contributed by atoms with Crippen molar-refractivity contribution in [3.8, 4) is 11.1 Å². The Hall–Kier alpha value is -2.13. The van der Waals surface area contributed by atoms with Crippen LogP contribution in [0.1, 0.15) is 5.56 Å². The van der Waals surface area contributed by atoms with Gasteiger partial charge < -0.3 is 10.6 Å². The first kappa shape index (κ1) is 12.9. The first-order valence-electron chi connectivity index (χ1n) is 6.99. The zero-order chi connectivity index (χ0) is 13.8. The summed E-state index contributed by atoms with van der Waals surface area (Å²) in [5.41, 5.74) is 3.60. The fourth-order valence-electron chi connectivity index (χ4n) is 2.63. The Labute approximate surface area is 119 Å². The van der Waals surface area contributed by atoms with Crippen molar-refractivity contribution in [3.05, 3.63) is 60.2 Å². The minimum atomic E-state index is -0.131. The Morgan fingerprint density at radius 1 is 0.950 bits per heavy atom. The molecule has 2 aromatic carbocycles. The van der Waals surface area contributed by atoms with Crippen LogP contribution in [0, 0.1) is 0 Å². The van der Waals surface area contributed by atoms with E-state index in [1.807, 2.05) is 30.3 Å². The molecule has 1 atom stereocenters. The summed E-state index contributed by atoms with van der Waals surface area (Å²) in [6, 6.07) is 18.5. The van der Waals surface area contributed by atoms with Crippen molar-refractivity contribution < 1.29 is 4.79 Å². The first-order chi connectivity index (χ1) is 9.84. The lowest BCUT2D eigenvalue weighted by Crippen LogP contribution is -2.53. The van der Waals surface area contributed by atoms with Crippen LogP contribution in [0.4, 0.5) is 0 Å². The zero-order valence-corrected chi connectivity index (χ0v) is 11.3. The van der Waals surface area contributed by atoms with Crippen molar-refractivity contribution in [1.29, 1.82) is 0 Å². The molecule has 3 nitrogen and oxygen atoms in total. The van der Waals surface area contributed by atoms with E-state index in [1.165, 1.54) is 16.7 Å². The monoisotopic (exact) mass is 266 g/mol. The highest BCUT2D eigenvalue weighted by Crippen LogP contribution is 2.24. The molecule has 3 heteroatoms. The molecule has 1 fully saturated rings. The molecule has 2 aromatic rings. The molecule has 0 aromatic heterocycles. The lowest BCUT2D eigenvalue weighted by Gasteiger charge is -2.24. The molecule has 0 saturated carbocycles. The van der Waals surface area contributed by atoms with E-state index in [9.17, 15) is 4.79 Å². The molecule has 1 saturated heterocycles. The van der Waals surface area contributed by atoms with Crippen LogP contribution < -0.4 is 10.6 Å². The summed E-state index contributed by atoms with van der Waals surface area (Å²) in [4.78, 5) is 11.9. The average Bonchev–Trinajstić information content (AvgIpc) is 2.51. The fourth-order valence-corrected chi connectivity index (χ4v) is 2.63. The molecule has 1 aliphatic rings. The van der Waals surface area contributed by atoms with Crippen LogP contribution in [0.25, 0.3) is 11.1 Å². The van der Waals surface area contributed by atoms with Crippen LogP contribution in [0.3, 0.4) is 0 Å². The second-order valence-corrected chi connectivity index (χ2v) is 5.03. The van der Waals surface area contributed by atoms with Gasteiger partial charge in [-0.05, 0) is 23.1 Å². The number of nitrogens with one attached hydrogen (secondary N) is 2. The standard InChI is InChI=1S/C17H18N2O/c20-17-16(18-10-11-19-17)12-14-8-4-5-9-15(14)13-6-2-1-3-7-13/h1-9,16,18H,10-12H2,(H,19,20)/t16-/m1/s1. The van der Waals surface area contributed by atoms with Gasteiger partial charge in [0, 0.05) is 13.1 Å². The molecule has 0 unspecified atom stereocenters. The molecule has 0 bridgehead atoms. The van der Waals surface area contributed by atoms with Crippen LogP contribution in [-0.2, 0) is 11.2 Å². The normalized spacial score (nSPS) is 18.6. The molecule has 1 heterocycles. The van der Waals surface area contributed by atoms with Gasteiger partial charge in [-0.1, -0.05) is 54.6 Å². The van der Waals surface area contributed by atoms with Gasteiger partial charge >= 0.3 is 0 Å². The van der Waals surface area contributed by atoms with E-state index < -0.39 is 0 Å². The van der Waals surface area contributed by atoms with Crippen molar-refractivity contribution in [2.45, 2.75) is 12.5 Å². The molecule has 0 aliphatic carbocycles. The van der Waals surface area contributed by atoms with Crippen molar-refractivity contribution in [1.82, 2.24) is 10.6 Å². The minimum absolute atomic E-state index is 0.0964. The third-order valence-electron chi connectivity index (χ3n) is 3.66. The molecule has 2 N–H and O–H groups in total. The SMILES string of the molecule is O=C1NCCN[C@@H]1Cc1ccccc1-c1ccccc1. The zero-order valence-electron chi connectivity index (χ0n) is 11.3. The number of hydrogen-bond acceptors (Lipinski definition) is 2. The molecule has 0 radical (unpaired) electrons. The van der Waals surface area contributed by atoms with Gasteiger partial charge in [0.15, 0.2) is 0 Å². The van der Waals surface area contributed by atoms with E-state index in [4.69, 9.17) is 0 Å². The topological polar surface area (TPSA) is 41.1 Å². The lowest BCUT2D eigenvalue weighted by molar-refractivity contribution is -0.124. The van der Waals surface area contributed by atoms with Gasteiger partial charge in [0.1, 0.15) is 0 Å². The summed E-state index contributed by atoms with van der Waals surface area (Å²) in [6.45, 7) is 1.56. The smallest absolute Gasteiger partial charge is 0.237 e. The van der Waals surface area contributed by atoms with Crippen LogP contribution in [0.5, 0.6) is 0 Å². The Balaban J connectivity index is 1.88. The summed E-state index contributed by atoms with van der Waals surface area (Å²) >= 11 is 0. The molecule has 1 aliphatic heterocycles. The van der Waals surface area contributed by atoms with E-state index in [1.54, 1.807) is 0 Å². The van der Waals surface area contributed by atoms with E-state index in [2.05, 4.69) is 34.9 Å². The molecule has 0 spiro atoms. The van der Waals surface area contributed by atoms with E-state index >= 15 is 0 Å². The molecule has 20 heavy (non-hydrogen) atoms. The maximum atomic E-state index is 11.9. The summed E-state index contributed by atoms with van der Waals surface area (Å²) in [6.07, 6.45) is 0.719. The van der Waals surface area contributed by atoms with Gasteiger partial charge in [0.05, 0.1) is 6.04 Å². The highest BCUT2D eigenvalue weighted by molar-refractivity contribution is 5.83. The van der Waals surface area contributed by atoms with Crippen LogP contribution in [-0.4, -0.2) is 25.0 Å².